The minimum absolute atomic E-state index is 0.0529. The number of ether oxygens (including phenoxy) is 1. The molecule has 6 nitrogen and oxygen atoms in total. The molecule has 0 saturated carbocycles. The summed E-state index contributed by atoms with van der Waals surface area (Å²) in [5.74, 6) is -0.00633. The average Bonchev–Trinajstić information content (AvgIpc) is 2.83. The van der Waals surface area contributed by atoms with Crippen molar-refractivity contribution in [3.8, 4) is 0 Å². The van der Waals surface area contributed by atoms with Gasteiger partial charge in [-0.15, -0.1) is 0 Å². The summed E-state index contributed by atoms with van der Waals surface area (Å²) >= 11 is 0. The Morgan fingerprint density at radius 3 is 2.45 bits per heavy atom. The molecule has 2 aliphatic heterocycles. The van der Waals surface area contributed by atoms with E-state index < -0.39 is 5.60 Å². The Hall–Kier alpha value is -1.14. The van der Waals surface area contributed by atoms with Crippen LogP contribution in [-0.2, 0) is 14.3 Å². The summed E-state index contributed by atoms with van der Waals surface area (Å²) in [6, 6.07) is 0.436. The number of amides is 1. The van der Waals surface area contributed by atoms with Crippen LogP contribution < -0.4 is 5.32 Å². The molecule has 1 N–H and O–H groups in total. The van der Waals surface area contributed by atoms with E-state index in [1.807, 2.05) is 27.8 Å². The number of hydrogen-bond acceptors (Lipinski definition) is 5. The topological polar surface area (TPSA) is 61.9 Å². The monoisotopic (exact) mass is 311 g/mol. The molecule has 2 saturated heterocycles. The van der Waals surface area contributed by atoms with Gasteiger partial charge in [-0.25, -0.2) is 0 Å². The molecular weight excluding hydrogens is 282 g/mol. The van der Waals surface area contributed by atoms with Gasteiger partial charge >= 0.3 is 5.97 Å². The molecule has 0 spiro atoms. The van der Waals surface area contributed by atoms with Crippen LogP contribution in [0.1, 0.15) is 40.0 Å². The lowest BCUT2D eigenvalue weighted by molar-refractivity contribution is -0.156. The molecule has 0 aromatic rings. The Labute approximate surface area is 133 Å². The van der Waals surface area contributed by atoms with Gasteiger partial charge in [-0.2, -0.15) is 0 Å². The van der Waals surface area contributed by atoms with Crippen molar-refractivity contribution in [2.24, 2.45) is 0 Å². The number of carbonyl (C=O) groups excluding carboxylic acids is 2. The number of piperidine rings is 1. The second-order valence-electron chi connectivity index (χ2n) is 7.36. The fourth-order valence-corrected chi connectivity index (χ4v) is 3.27. The van der Waals surface area contributed by atoms with Crippen molar-refractivity contribution >= 4 is 11.9 Å². The van der Waals surface area contributed by atoms with Gasteiger partial charge in [0.2, 0.25) is 5.91 Å². The number of likely N-dealkylation sites (tertiary alicyclic amines) is 1. The van der Waals surface area contributed by atoms with Crippen molar-refractivity contribution in [2.45, 2.75) is 57.7 Å². The van der Waals surface area contributed by atoms with E-state index in [-0.39, 0.29) is 17.9 Å². The van der Waals surface area contributed by atoms with Crippen LogP contribution in [0.2, 0.25) is 0 Å². The zero-order valence-electron chi connectivity index (χ0n) is 14.2. The quantitative estimate of drug-likeness (QED) is 0.771. The summed E-state index contributed by atoms with van der Waals surface area (Å²) in [7, 11) is 1.98. The zero-order chi connectivity index (χ0) is 16.3. The van der Waals surface area contributed by atoms with Crippen molar-refractivity contribution in [3.05, 3.63) is 0 Å². The average molecular weight is 311 g/mol. The van der Waals surface area contributed by atoms with Crippen LogP contribution in [0.5, 0.6) is 0 Å². The van der Waals surface area contributed by atoms with Crippen molar-refractivity contribution in [2.75, 3.05) is 33.2 Å². The highest BCUT2D eigenvalue weighted by molar-refractivity contribution is 5.83. The molecule has 2 heterocycles. The standard InChI is InChI=1S/C16H29N3O3/c1-16(2,3)22-14(20)11-18(4)12-6-9-19(10-7-12)13-5-8-17-15(13)21/h12-13H,5-11H2,1-4H3,(H,17,21)/t13-/m0/s1. The predicted molar refractivity (Wildman–Crippen MR) is 84.5 cm³/mol. The second-order valence-corrected chi connectivity index (χ2v) is 7.36. The molecule has 6 heteroatoms. The van der Waals surface area contributed by atoms with Crippen molar-refractivity contribution in [1.29, 1.82) is 0 Å². The maximum absolute atomic E-state index is 11.9. The van der Waals surface area contributed by atoms with Gasteiger partial charge in [0.05, 0.1) is 12.6 Å². The zero-order valence-corrected chi connectivity index (χ0v) is 14.2. The minimum atomic E-state index is -0.433. The molecule has 0 radical (unpaired) electrons. The van der Waals surface area contributed by atoms with E-state index in [1.54, 1.807) is 0 Å². The molecule has 0 bridgehead atoms. The Kier molecular flexibility index (Phi) is 5.45. The van der Waals surface area contributed by atoms with Crippen LogP contribution in [0.4, 0.5) is 0 Å². The second kappa shape index (κ2) is 6.96. The van der Waals surface area contributed by atoms with E-state index in [2.05, 4.69) is 15.1 Å². The summed E-state index contributed by atoms with van der Waals surface area (Å²) in [4.78, 5) is 28.0. The number of rotatable bonds is 4. The summed E-state index contributed by atoms with van der Waals surface area (Å²) in [6.07, 6.45) is 2.89. The molecule has 2 aliphatic rings. The van der Waals surface area contributed by atoms with E-state index in [4.69, 9.17) is 4.74 Å². The highest BCUT2D eigenvalue weighted by Crippen LogP contribution is 2.20. The van der Waals surface area contributed by atoms with Crippen molar-refractivity contribution in [3.63, 3.8) is 0 Å². The summed E-state index contributed by atoms with van der Waals surface area (Å²) in [6.45, 7) is 8.61. The minimum Gasteiger partial charge on any atom is -0.459 e. The first kappa shape index (κ1) is 17.2. The molecule has 0 aromatic carbocycles. The molecule has 2 rings (SSSR count). The lowest BCUT2D eigenvalue weighted by Crippen LogP contribution is -2.50. The molecule has 0 unspecified atom stereocenters. The Balaban J connectivity index is 1.76. The van der Waals surface area contributed by atoms with E-state index in [9.17, 15) is 9.59 Å². The van der Waals surface area contributed by atoms with Gasteiger partial charge in [0.25, 0.3) is 0 Å². The fraction of sp³-hybridized carbons (Fsp3) is 0.875. The van der Waals surface area contributed by atoms with E-state index in [0.29, 0.717) is 12.6 Å². The fourth-order valence-electron chi connectivity index (χ4n) is 3.27. The van der Waals surface area contributed by atoms with Gasteiger partial charge in [-0.05, 0) is 47.1 Å². The Morgan fingerprint density at radius 1 is 1.32 bits per heavy atom. The molecule has 1 amide bonds. The van der Waals surface area contributed by atoms with Gasteiger partial charge < -0.3 is 10.1 Å². The van der Waals surface area contributed by atoms with E-state index in [1.165, 1.54) is 0 Å². The van der Waals surface area contributed by atoms with Gasteiger partial charge in [0, 0.05) is 25.7 Å². The number of nitrogens with zero attached hydrogens (tertiary/aromatic N) is 2. The van der Waals surface area contributed by atoms with Crippen LogP contribution in [0.25, 0.3) is 0 Å². The van der Waals surface area contributed by atoms with Gasteiger partial charge in [-0.3, -0.25) is 19.4 Å². The van der Waals surface area contributed by atoms with Crippen LogP contribution in [0, 0.1) is 0 Å². The molecule has 1 atom stereocenters. The third-order valence-electron chi connectivity index (χ3n) is 4.38. The molecular formula is C16H29N3O3. The van der Waals surface area contributed by atoms with E-state index >= 15 is 0 Å². The summed E-state index contributed by atoms with van der Waals surface area (Å²) in [5, 5.41) is 2.90. The summed E-state index contributed by atoms with van der Waals surface area (Å²) < 4.78 is 5.37. The third-order valence-corrected chi connectivity index (χ3v) is 4.38. The first-order chi connectivity index (χ1) is 10.3. The Morgan fingerprint density at radius 2 is 1.95 bits per heavy atom. The maximum Gasteiger partial charge on any atom is 0.320 e. The first-order valence-corrected chi connectivity index (χ1v) is 8.20. The van der Waals surface area contributed by atoms with Crippen LogP contribution in [-0.4, -0.2) is 72.6 Å². The van der Waals surface area contributed by atoms with E-state index in [0.717, 1.165) is 38.9 Å². The number of hydrogen-bond donors (Lipinski definition) is 1. The number of nitrogens with one attached hydrogen (secondary N) is 1. The summed E-state index contributed by atoms with van der Waals surface area (Å²) in [5.41, 5.74) is -0.433. The number of carbonyl (C=O) groups is 2. The predicted octanol–water partition coefficient (Wildman–Crippen LogP) is 0.613. The first-order valence-electron chi connectivity index (χ1n) is 8.20. The third kappa shape index (κ3) is 4.68. The normalized spacial score (nSPS) is 24.6. The van der Waals surface area contributed by atoms with Gasteiger partial charge in [-0.1, -0.05) is 0 Å². The van der Waals surface area contributed by atoms with Crippen molar-refractivity contribution in [1.82, 2.24) is 15.1 Å². The van der Waals surface area contributed by atoms with Gasteiger partial charge in [0.15, 0.2) is 0 Å². The van der Waals surface area contributed by atoms with Crippen LogP contribution in [0.15, 0.2) is 0 Å². The van der Waals surface area contributed by atoms with Crippen LogP contribution >= 0.6 is 0 Å². The SMILES string of the molecule is CN(CC(=O)OC(C)(C)C)C1CCN([C@H]2CCNC2=O)CC1. The highest BCUT2D eigenvalue weighted by atomic mass is 16.6. The molecule has 2 fully saturated rings. The smallest absolute Gasteiger partial charge is 0.320 e. The maximum atomic E-state index is 11.9. The van der Waals surface area contributed by atoms with Crippen LogP contribution in [0.3, 0.4) is 0 Å². The molecule has 0 aliphatic carbocycles. The highest BCUT2D eigenvalue weighted by Gasteiger charge is 2.33. The largest absolute Gasteiger partial charge is 0.459 e. The Bertz CT molecular complexity index is 411. The number of esters is 1. The van der Waals surface area contributed by atoms with Crippen molar-refractivity contribution < 1.29 is 14.3 Å². The lowest BCUT2D eigenvalue weighted by atomic mass is 10.0. The lowest BCUT2D eigenvalue weighted by Gasteiger charge is -2.38. The molecule has 22 heavy (non-hydrogen) atoms. The molecule has 126 valence electrons. The molecule has 0 aromatic heterocycles. The number of likely N-dealkylation sites (N-methyl/N-ethyl adjacent to an activating group) is 1. The van der Waals surface area contributed by atoms with Gasteiger partial charge in [0.1, 0.15) is 5.60 Å².